The van der Waals surface area contributed by atoms with Crippen LogP contribution in [-0.4, -0.2) is 22.5 Å². The largest absolute Gasteiger partial charge is 0.355 e. The zero-order valence-electron chi connectivity index (χ0n) is 11.1. The van der Waals surface area contributed by atoms with Crippen molar-refractivity contribution < 1.29 is 0 Å². The predicted molar refractivity (Wildman–Crippen MR) is 80.6 cm³/mol. The zero-order valence-corrected chi connectivity index (χ0v) is 12.7. The van der Waals surface area contributed by atoms with Gasteiger partial charge in [0.1, 0.15) is 5.65 Å². The lowest BCUT2D eigenvalue weighted by Crippen LogP contribution is -2.25. The number of hydrogen-bond acceptors (Lipinski definition) is 2. The van der Waals surface area contributed by atoms with Crippen LogP contribution in [0.1, 0.15) is 32.4 Å². The van der Waals surface area contributed by atoms with E-state index in [1.165, 1.54) is 18.5 Å². The lowest BCUT2D eigenvalue weighted by Gasteiger charge is -2.21. The molecule has 0 spiro atoms. The van der Waals surface area contributed by atoms with Gasteiger partial charge in [-0.2, -0.15) is 0 Å². The van der Waals surface area contributed by atoms with Crippen molar-refractivity contribution in [1.82, 2.24) is 9.38 Å². The van der Waals surface area contributed by atoms with Gasteiger partial charge in [0.05, 0.1) is 5.69 Å². The molecular formula is C14H20BrN3. The number of alkyl halides is 1. The first-order valence-corrected chi connectivity index (χ1v) is 7.70. The Morgan fingerprint density at radius 1 is 1.33 bits per heavy atom. The van der Waals surface area contributed by atoms with Crippen molar-refractivity contribution in [3.05, 3.63) is 30.1 Å². The van der Waals surface area contributed by atoms with Crippen molar-refractivity contribution in [3.63, 3.8) is 0 Å². The molecule has 0 saturated carbocycles. The summed E-state index contributed by atoms with van der Waals surface area (Å²) in [7, 11) is 0. The second kappa shape index (κ2) is 6.23. The molecule has 0 aromatic carbocycles. The maximum atomic E-state index is 4.77. The van der Waals surface area contributed by atoms with Crippen molar-refractivity contribution in [1.29, 1.82) is 0 Å². The molecule has 0 amide bonds. The molecule has 0 bridgehead atoms. The summed E-state index contributed by atoms with van der Waals surface area (Å²) in [5.74, 6) is 1.12. The summed E-state index contributed by atoms with van der Waals surface area (Å²) in [6.07, 6.45) is 4.51. The summed E-state index contributed by atoms with van der Waals surface area (Å²) >= 11 is 3.59. The Morgan fingerprint density at radius 3 is 2.83 bits per heavy atom. The minimum absolute atomic E-state index is 0.830. The van der Waals surface area contributed by atoms with Crippen LogP contribution >= 0.6 is 15.9 Å². The molecule has 2 rings (SSSR count). The fraction of sp³-hybridized carbons (Fsp3) is 0.500. The van der Waals surface area contributed by atoms with Crippen LogP contribution in [0.4, 0.5) is 5.82 Å². The fourth-order valence-corrected chi connectivity index (χ4v) is 2.70. The van der Waals surface area contributed by atoms with Crippen molar-refractivity contribution in [2.24, 2.45) is 0 Å². The van der Waals surface area contributed by atoms with E-state index in [0.717, 1.165) is 29.9 Å². The first kappa shape index (κ1) is 13.4. The number of pyridine rings is 1. The summed E-state index contributed by atoms with van der Waals surface area (Å²) in [5.41, 5.74) is 2.26. The van der Waals surface area contributed by atoms with E-state index in [2.05, 4.69) is 51.3 Å². The Labute approximate surface area is 117 Å². The zero-order chi connectivity index (χ0) is 13.0. The van der Waals surface area contributed by atoms with E-state index in [1.807, 2.05) is 12.1 Å². The molecule has 0 fully saturated rings. The topological polar surface area (TPSA) is 20.5 Å². The van der Waals surface area contributed by atoms with Gasteiger partial charge in [-0.25, -0.2) is 4.98 Å². The Morgan fingerprint density at radius 2 is 2.17 bits per heavy atom. The first-order valence-electron chi connectivity index (χ1n) is 6.58. The highest BCUT2D eigenvalue weighted by molar-refractivity contribution is 9.08. The Balaban J connectivity index is 2.41. The van der Waals surface area contributed by atoms with Gasteiger partial charge in [-0.1, -0.05) is 35.3 Å². The molecule has 3 nitrogen and oxygen atoms in total. The number of aromatic nitrogens is 2. The molecule has 2 heterocycles. The van der Waals surface area contributed by atoms with Crippen LogP contribution in [0, 0.1) is 0 Å². The van der Waals surface area contributed by atoms with Crippen LogP contribution in [0.5, 0.6) is 0 Å². The highest BCUT2D eigenvalue weighted by Gasteiger charge is 2.15. The van der Waals surface area contributed by atoms with E-state index in [0.29, 0.717) is 0 Å². The van der Waals surface area contributed by atoms with E-state index >= 15 is 0 Å². The minimum Gasteiger partial charge on any atom is -0.355 e. The number of unbranched alkanes of at least 4 members (excludes halogenated alkanes) is 1. The Hall–Kier alpha value is -1.03. The third-order valence-corrected chi connectivity index (χ3v) is 3.73. The highest BCUT2D eigenvalue weighted by Crippen LogP contribution is 2.24. The minimum atomic E-state index is 0.830. The van der Waals surface area contributed by atoms with Gasteiger partial charge in [0.2, 0.25) is 0 Å². The van der Waals surface area contributed by atoms with Gasteiger partial charge in [0.25, 0.3) is 0 Å². The van der Waals surface area contributed by atoms with Crippen LogP contribution in [0.3, 0.4) is 0 Å². The van der Waals surface area contributed by atoms with Gasteiger partial charge < -0.3 is 9.30 Å². The number of nitrogens with zero attached hydrogens (tertiary/aromatic N) is 3. The summed E-state index contributed by atoms with van der Waals surface area (Å²) in [6.45, 7) is 6.50. The standard InChI is InChI=1S/C14H20BrN3/c1-3-5-9-17(4-2)14-12(11-15)18-10-7-6-8-13(18)16-14/h6-8,10H,3-5,9,11H2,1-2H3. The van der Waals surface area contributed by atoms with Crippen molar-refractivity contribution in [2.75, 3.05) is 18.0 Å². The molecule has 0 unspecified atom stereocenters. The molecule has 0 N–H and O–H groups in total. The molecule has 18 heavy (non-hydrogen) atoms. The quantitative estimate of drug-likeness (QED) is 0.755. The molecule has 0 saturated heterocycles. The normalized spacial score (nSPS) is 11.1. The average molecular weight is 310 g/mol. The van der Waals surface area contributed by atoms with Crippen LogP contribution in [0.2, 0.25) is 0 Å². The van der Waals surface area contributed by atoms with E-state index < -0.39 is 0 Å². The molecule has 0 radical (unpaired) electrons. The second-order valence-electron chi connectivity index (χ2n) is 4.38. The van der Waals surface area contributed by atoms with E-state index in [-0.39, 0.29) is 0 Å². The number of hydrogen-bond donors (Lipinski definition) is 0. The molecule has 4 heteroatoms. The van der Waals surface area contributed by atoms with Gasteiger partial charge in [-0.3, -0.25) is 0 Å². The second-order valence-corrected chi connectivity index (χ2v) is 4.94. The van der Waals surface area contributed by atoms with Crippen LogP contribution < -0.4 is 4.90 Å². The summed E-state index contributed by atoms with van der Waals surface area (Å²) in [4.78, 5) is 7.13. The number of halogens is 1. The smallest absolute Gasteiger partial charge is 0.152 e. The summed E-state index contributed by atoms with van der Waals surface area (Å²) < 4.78 is 2.17. The third kappa shape index (κ3) is 2.53. The lowest BCUT2D eigenvalue weighted by atomic mass is 10.3. The average Bonchev–Trinajstić information content (AvgIpc) is 2.78. The summed E-state index contributed by atoms with van der Waals surface area (Å²) in [5, 5.41) is 0.830. The third-order valence-electron chi connectivity index (χ3n) is 3.20. The molecule has 0 aliphatic rings. The fourth-order valence-electron chi connectivity index (χ4n) is 2.17. The molecule has 0 atom stereocenters. The molecule has 2 aromatic heterocycles. The lowest BCUT2D eigenvalue weighted by molar-refractivity contribution is 0.723. The van der Waals surface area contributed by atoms with Gasteiger partial charge >= 0.3 is 0 Å². The Kier molecular flexibility index (Phi) is 4.64. The molecular weight excluding hydrogens is 290 g/mol. The maximum absolute atomic E-state index is 4.77. The van der Waals surface area contributed by atoms with E-state index in [1.54, 1.807) is 0 Å². The van der Waals surface area contributed by atoms with E-state index in [9.17, 15) is 0 Å². The maximum Gasteiger partial charge on any atom is 0.152 e. The van der Waals surface area contributed by atoms with Gasteiger partial charge in [-0.15, -0.1) is 0 Å². The number of rotatable bonds is 6. The molecule has 0 aliphatic heterocycles. The predicted octanol–water partition coefficient (Wildman–Crippen LogP) is 3.86. The van der Waals surface area contributed by atoms with E-state index in [4.69, 9.17) is 4.98 Å². The molecule has 2 aromatic rings. The van der Waals surface area contributed by atoms with Crippen LogP contribution in [-0.2, 0) is 5.33 Å². The van der Waals surface area contributed by atoms with Gasteiger partial charge in [-0.05, 0) is 25.5 Å². The monoisotopic (exact) mass is 309 g/mol. The van der Waals surface area contributed by atoms with Gasteiger partial charge in [0, 0.05) is 24.6 Å². The van der Waals surface area contributed by atoms with Gasteiger partial charge in [0.15, 0.2) is 5.82 Å². The van der Waals surface area contributed by atoms with Crippen molar-refractivity contribution >= 4 is 27.4 Å². The molecule has 98 valence electrons. The van der Waals surface area contributed by atoms with Crippen molar-refractivity contribution in [3.8, 4) is 0 Å². The molecule has 0 aliphatic carbocycles. The van der Waals surface area contributed by atoms with Crippen molar-refractivity contribution in [2.45, 2.75) is 32.0 Å². The number of imidazole rings is 1. The summed E-state index contributed by atoms with van der Waals surface area (Å²) in [6, 6.07) is 6.14. The first-order chi connectivity index (χ1) is 8.81. The SMILES string of the molecule is CCCCN(CC)c1nc2ccccn2c1CBr. The highest BCUT2D eigenvalue weighted by atomic mass is 79.9. The Bertz CT molecular complexity index is 507. The number of anilines is 1. The number of fused-ring (bicyclic) bond motifs is 1. The van der Waals surface area contributed by atoms with Crippen LogP contribution in [0.25, 0.3) is 5.65 Å². The van der Waals surface area contributed by atoms with Crippen LogP contribution in [0.15, 0.2) is 24.4 Å².